The van der Waals surface area contributed by atoms with Crippen LogP contribution in [0.5, 0.6) is 11.5 Å². The van der Waals surface area contributed by atoms with Crippen LogP contribution >= 0.6 is 0 Å². The molecule has 0 spiro atoms. The Morgan fingerprint density at radius 1 is 1.11 bits per heavy atom. The molecule has 2 aliphatic heterocycles. The van der Waals surface area contributed by atoms with Gasteiger partial charge in [-0.05, 0) is 30.5 Å². The largest absolute Gasteiger partial charge is 0.486 e. The van der Waals surface area contributed by atoms with E-state index in [4.69, 9.17) is 19.9 Å². The van der Waals surface area contributed by atoms with E-state index in [1.54, 1.807) is 0 Å². The van der Waals surface area contributed by atoms with Crippen LogP contribution in [-0.2, 0) is 4.74 Å². The first-order chi connectivity index (χ1) is 8.84. The lowest BCUT2D eigenvalue weighted by Crippen LogP contribution is -2.29. The molecular formula is C14H19NO3. The summed E-state index contributed by atoms with van der Waals surface area (Å²) in [5, 5.41) is 0. The second-order valence-corrected chi connectivity index (χ2v) is 4.91. The normalized spacial score (nSPS) is 24.6. The number of hydrogen-bond donors (Lipinski definition) is 1. The molecule has 18 heavy (non-hydrogen) atoms. The number of hydrogen-bond acceptors (Lipinski definition) is 4. The molecule has 0 aliphatic carbocycles. The Morgan fingerprint density at radius 2 is 1.94 bits per heavy atom. The predicted molar refractivity (Wildman–Crippen MR) is 67.9 cm³/mol. The lowest BCUT2D eigenvalue weighted by atomic mass is 9.89. The third-order valence-corrected chi connectivity index (χ3v) is 3.65. The quantitative estimate of drug-likeness (QED) is 0.869. The van der Waals surface area contributed by atoms with Gasteiger partial charge < -0.3 is 19.9 Å². The molecule has 3 rings (SSSR count). The zero-order valence-corrected chi connectivity index (χ0v) is 10.4. The first-order valence-electron chi connectivity index (χ1n) is 6.57. The van der Waals surface area contributed by atoms with E-state index in [0.29, 0.717) is 19.1 Å². The molecular weight excluding hydrogens is 230 g/mol. The van der Waals surface area contributed by atoms with E-state index in [2.05, 4.69) is 0 Å². The second-order valence-electron chi connectivity index (χ2n) is 4.91. The summed E-state index contributed by atoms with van der Waals surface area (Å²) in [5.74, 6) is 2.03. The van der Waals surface area contributed by atoms with Gasteiger partial charge in [0.1, 0.15) is 13.2 Å². The molecule has 1 aromatic carbocycles. The number of ether oxygens (including phenoxy) is 3. The van der Waals surface area contributed by atoms with E-state index in [0.717, 1.165) is 43.1 Å². The van der Waals surface area contributed by atoms with Crippen LogP contribution in [0.25, 0.3) is 0 Å². The van der Waals surface area contributed by atoms with Gasteiger partial charge in [0.2, 0.25) is 0 Å². The average molecular weight is 249 g/mol. The summed E-state index contributed by atoms with van der Waals surface area (Å²) in [5.41, 5.74) is 7.43. The monoisotopic (exact) mass is 249 g/mol. The Labute approximate surface area is 107 Å². The zero-order valence-electron chi connectivity index (χ0n) is 10.4. The second kappa shape index (κ2) is 5.16. The molecule has 0 aromatic heterocycles. The van der Waals surface area contributed by atoms with Gasteiger partial charge in [0.15, 0.2) is 11.5 Å². The summed E-state index contributed by atoms with van der Waals surface area (Å²) in [6, 6.07) is 6.01. The maximum Gasteiger partial charge on any atom is 0.161 e. The third kappa shape index (κ3) is 2.31. The fourth-order valence-electron chi connectivity index (χ4n) is 2.59. The van der Waals surface area contributed by atoms with Crippen molar-refractivity contribution in [2.24, 2.45) is 11.7 Å². The smallest absolute Gasteiger partial charge is 0.161 e. The van der Waals surface area contributed by atoms with E-state index >= 15 is 0 Å². The van der Waals surface area contributed by atoms with Gasteiger partial charge in [0, 0.05) is 18.6 Å². The Bertz CT molecular complexity index is 416. The SMILES string of the molecule is NC(c1ccc2c(c1)OCCO2)C1CCCOC1. The van der Waals surface area contributed by atoms with Gasteiger partial charge in [0.25, 0.3) is 0 Å². The van der Waals surface area contributed by atoms with E-state index in [1.807, 2.05) is 18.2 Å². The standard InChI is InChI=1S/C14H19NO3/c15-14(11-2-1-5-16-9-11)10-3-4-12-13(8-10)18-7-6-17-12/h3-4,8,11,14H,1-2,5-7,9,15H2. The summed E-state index contributed by atoms with van der Waals surface area (Å²) in [6.45, 7) is 2.85. The van der Waals surface area contributed by atoms with Crippen LogP contribution in [-0.4, -0.2) is 26.4 Å². The molecule has 2 heterocycles. The highest BCUT2D eigenvalue weighted by molar-refractivity contribution is 5.44. The van der Waals surface area contributed by atoms with Crippen LogP contribution in [0.4, 0.5) is 0 Å². The molecule has 2 aliphatic rings. The van der Waals surface area contributed by atoms with Crippen LogP contribution in [0.3, 0.4) is 0 Å². The average Bonchev–Trinajstić information content (AvgIpc) is 2.47. The van der Waals surface area contributed by atoms with Crippen LogP contribution in [0.15, 0.2) is 18.2 Å². The summed E-state index contributed by atoms with van der Waals surface area (Å²) < 4.78 is 16.6. The maximum atomic E-state index is 6.33. The van der Waals surface area contributed by atoms with Crippen molar-refractivity contribution in [1.82, 2.24) is 0 Å². The van der Waals surface area contributed by atoms with Gasteiger partial charge >= 0.3 is 0 Å². The molecule has 2 N–H and O–H groups in total. The summed E-state index contributed by atoms with van der Waals surface area (Å²) in [6.07, 6.45) is 2.23. The van der Waals surface area contributed by atoms with Crippen LogP contribution in [0, 0.1) is 5.92 Å². The van der Waals surface area contributed by atoms with Crippen molar-refractivity contribution >= 4 is 0 Å². The molecule has 0 amide bonds. The minimum absolute atomic E-state index is 0.0149. The minimum atomic E-state index is 0.0149. The molecule has 4 heteroatoms. The van der Waals surface area contributed by atoms with Crippen molar-refractivity contribution in [3.05, 3.63) is 23.8 Å². The van der Waals surface area contributed by atoms with Crippen molar-refractivity contribution in [1.29, 1.82) is 0 Å². The number of benzene rings is 1. The molecule has 1 aromatic rings. The van der Waals surface area contributed by atoms with Crippen molar-refractivity contribution in [3.63, 3.8) is 0 Å². The maximum absolute atomic E-state index is 6.33. The Morgan fingerprint density at radius 3 is 2.72 bits per heavy atom. The number of fused-ring (bicyclic) bond motifs is 1. The minimum Gasteiger partial charge on any atom is -0.486 e. The van der Waals surface area contributed by atoms with Crippen molar-refractivity contribution in [2.75, 3.05) is 26.4 Å². The van der Waals surface area contributed by atoms with Gasteiger partial charge in [-0.1, -0.05) is 6.07 Å². The first kappa shape index (κ1) is 11.8. The highest BCUT2D eigenvalue weighted by Crippen LogP contribution is 2.35. The Balaban J connectivity index is 1.78. The zero-order chi connectivity index (χ0) is 12.4. The predicted octanol–water partition coefficient (Wildman–Crippen LogP) is 1.88. The fraction of sp³-hybridized carbons (Fsp3) is 0.571. The van der Waals surface area contributed by atoms with E-state index in [9.17, 15) is 0 Å². The lowest BCUT2D eigenvalue weighted by molar-refractivity contribution is 0.0447. The molecule has 0 saturated carbocycles. The molecule has 2 unspecified atom stereocenters. The summed E-state index contributed by atoms with van der Waals surface area (Å²) >= 11 is 0. The lowest BCUT2D eigenvalue weighted by Gasteiger charge is -2.28. The van der Waals surface area contributed by atoms with Gasteiger partial charge in [-0.3, -0.25) is 0 Å². The molecule has 1 fully saturated rings. The molecule has 1 saturated heterocycles. The van der Waals surface area contributed by atoms with E-state index < -0.39 is 0 Å². The Kier molecular flexibility index (Phi) is 3.39. The summed E-state index contributed by atoms with van der Waals surface area (Å²) in [4.78, 5) is 0. The van der Waals surface area contributed by atoms with Crippen molar-refractivity contribution in [2.45, 2.75) is 18.9 Å². The molecule has 4 nitrogen and oxygen atoms in total. The highest BCUT2D eigenvalue weighted by atomic mass is 16.6. The van der Waals surface area contributed by atoms with Gasteiger partial charge in [0.05, 0.1) is 6.61 Å². The Hall–Kier alpha value is -1.26. The van der Waals surface area contributed by atoms with E-state index in [1.165, 1.54) is 0 Å². The van der Waals surface area contributed by atoms with Crippen LogP contribution in [0.2, 0.25) is 0 Å². The molecule has 0 radical (unpaired) electrons. The fourth-order valence-corrected chi connectivity index (χ4v) is 2.59. The van der Waals surface area contributed by atoms with Crippen LogP contribution in [0.1, 0.15) is 24.4 Å². The third-order valence-electron chi connectivity index (χ3n) is 3.65. The molecule has 2 atom stereocenters. The summed E-state index contributed by atoms with van der Waals surface area (Å²) in [7, 11) is 0. The van der Waals surface area contributed by atoms with Crippen molar-refractivity contribution < 1.29 is 14.2 Å². The van der Waals surface area contributed by atoms with Crippen LogP contribution < -0.4 is 15.2 Å². The topological polar surface area (TPSA) is 53.7 Å². The molecule has 0 bridgehead atoms. The molecule has 98 valence electrons. The van der Waals surface area contributed by atoms with Gasteiger partial charge in [-0.2, -0.15) is 0 Å². The van der Waals surface area contributed by atoms with Gasteiger partial charge in [-0.15, -0.1) is 0 Å². The van der Waals surface area contributed by atoms with Gasteiger partial charge in [-0.25, -0.2) is 0 Å². The highest BCUT2D eigenvalue weighted by Gasteiger charge is 2.24. The first-order valence-corrected chi connectivity index (χ1v) is 6.57. The van der Waals surface area contributed by atoms with Crippen molar-refractivity contribution in [3.8, 4) is 11.5 Å². The number of rotatable bonds is 2. The van der Waals surface area contributed by atoms with E-state index in [-0.39, 0.29) is 6.04 Å². The number of nitrogens with two attached hydrogens (primary N) is 1.